The number of rotatable bonds is 0. The van der Waals surface area contributed by atoms with Gasteiger partial charge in [-0.05, 0) is 0 Å². The van der Waals surface area contributed by atoms with Gasteiger partial charge >= 0.3 is 40.8 Å². The molecule has 0 aliphatic rings. The molecule has 0 aliphatic heterocycles. The topological polar surface area (TPSA) is 0 Å². The zero-order chi connectivity index (χ0) is 0. The maximum absolute atomic E-state index is 0. The quantitative estimate of drug-likeness (QED) is 0.334. The molecular weight excluding hydrogens is 464 g/mol. The summed E-state index contributed by atoms with van der Waals surface area (Å²) < 4.78 is 0. The Labute approximate surface area is 106 Å². The first kappa shape index (κ1) is 40.9. The van der Waals surface area contributed by atoms with Gasteiger partial charge in [0.25, 0.3) is 0 Å². The fraction of sp³-hybridized carbons (Fsp3) is 0. The Bertz CT molecular complexity index is 3.61. The molecule has 0 spiro atoms. The van der Waals surface area contributed by atoms with Crippen molar-refractivity contribution in [2.75, 3.05) is 0 Å². The van der Waals surface area contributed by atoms with E-state index in [4.69, 9.17) is 0 Å². The molecule has 0 bridgehead atoms. The summed E-state index contributed by atoms with van der Waals surface area (Å²) in [5, 5.41) is 0. The van der Waals surface area contributed by atoms with Crippen molar-refractivity contribution in [2.45, 2.75) is 0 Å². The van der Waals surface area contributed by atoms with Crippen molar-refractivity contribution in [1.82, 2.24) is 0 Å². The van der Waals surface area contributed by atoms with Crippen molar-refractivity contribution >= 4 is 17.0 Å². The Hall–Kier alpha value is 3.27. The van der Waals surface area contributed by atoms with Gasteiger partial charge in [-0.15, -0.1) is 17.0 Å². The van der Waals surface area contributed by atoms with Crippen molar-refractivity contribution in [2.24, 2.45) is 0 Å². The second-order valence-corrected chi connectivity index (χ2v) is 0. The van der Waals surface area contributed by atoms with Crippen molar-refractivity contribution in [1.29, 1.82) is 0 Å². The maximum atomic E-state index is 0. The van der Waals surface area contributed by atoms with Crippen LogP contribution in [0.3, 0.4) is 0 Å². The molecule has 0 heterocycles. The second kappa shape index (κ2) is 26.7. The van der Waals surface area contributed by atoms with Crippen LogP contribution in [0, 0.1) is 40.8 Å². The number of hydrogen-bond acceptors (Lipinski definition) is 0. The minimum atomic E-state index is 0. The molecule has 0 aromatic heterocycles. The Morgan fingerprint density at radius 3 is 0.600 bits per heavy atom. The van der Waals surface area contributed by atoms with Gasteiger partial charge in [-0.2, -0.15) is 0 Å². The van der Waals surface area contributed by atoms with E-state index in [-0.39, 0.29) is 109 Å². The third kappa shape index (κ3) is 18.9. The van der Waals surface area contributed by atoms with Crippen LogP contribution in [0.25, 0.3) is 0 Å². The van der Waals surface area contributed by atoms with Crippen LogP contribution in [-0.4, -0.2) is 0 Å². The first-order valence-corrected chi connectivity index (χ1v) is 0. The Morgan fingerprint density at radius 2 is 0.600 bits per heavy atom. The summed E-state index contributed by atoms with van der Waals surface area (Å²) in [5.41, 5.74) is 0. The van der Waals surface area contributed by atoms with E-state index >= 15 is 0 Å². The molecule has 0 amide bonds. The molecule has 1 radical (unpaired) electrons. The van der Waals surface area contributed by atoms with E-state index in [9.17, 15) is 0 Å². The molecule has 5 heteroatoms. The molecule has 0 aliphatic carbocycles. The maximum Gasteiger partial charge on any atom is 3.00 e. The average Bonchev–Trinajstić information content (AvgIpc) is 0. The molecule has 0 saturated heterocycles. The van der Waals surface area contributed by atoms with E-state index in [0.29, 0.717) is 0 Å². The van der Waals surface area contributed by atoms with E-state index < -0.39 is 0 Å². The van der Waals surface area contributed by atoms with Crippen LogP contribution in [0.2, 0.25) is 0 Å². The molecule has 0 unspecified atom stereocenters. The third-order valence-corrected chi connectivity index (χ3v) is 0. The van der Waals surface area contributed by atoms with Gasteiger partial charge < -0.3 is 50.9 Å². The first-order chi connectivity index (χ1) is 0. The van der Waals surface area contributed by atoms with E-state index in [2.05, 4.69) is 0 Å². The molecule has 0 aromatic rings. The molecule has 0 saturated carbocycles. The zero-order valence-electron chi connectivity index (χ0n) is 2.04. The monoisotopic (exact) mass is 459 g/mol. The Kier molecular flexibility index (Phi) is 218. The fourth-order valence-corrected chi connectivity index (χ4v) is 0. The van der Waals surface area contributed by atoms with Gasteiger partial charge in [0, 0.05) is 0 Å². The van der Waals surface area contributed by atoms with Crippen molar-refractivity contribution in [3.8, 4) is 0 Å². The molecule has 33 valence electrons. The van der Waals surface area contributed by atoms with Gasteiger partial charge in [-0.3, -0.25) is 0 Å². The SMILES string of the molecule is Br.[Br-].[Br-].[Br-].[Nd+3]. The summed E-state index contributed by atoms with van der Waals surface area (Å²) in [4.78, 5) is 0. The largest absolute Gasteiger partial charge is 3.00 e. The van der Waals surface area contributed by atoms with Gasteiger partial charge in [0.2, 0.25) is 0 Å². The molecule has 0 N–H and O–H groups in total. The molecule has 0 rings (SSSR count). The number of hydrogen-bond donors (Lipinski definition) is 0. The average molecular weight is 465 g/mol. The van der Waals surface area contributed by atoms with Crippen molar-refractivity contribution in [3.05, 3.63) is 0 Å². The molecule has 0 atom stereocenters. The molecule has 0 fully saturated rings. The molecular formula is HBr4Nd. The van der Waals surface area contributed by atoms with Crippen molar-refractivity contribution in [3.63, 3.8) is 0 Å². The second-order valence-electron chi connectivity index (χ2n) is 0. The fourth-order valence-electron chi connectivity index (χ4n) is 0. The minimum absolute atomic E-state index is 0. The number of halogens is 4. The van der Waals surface area contributed by atoms with E-state index in [1.54, 1.807) is 0 Å². The Balaban J connectivity index is 0. The van der Waals surface area contributed by atoms with Crippen LogP contribution >= 0.6 is 17.0 Å². The standard InChI is InChI=1S/4BrH.Nd/h4*1H;/q;;;;+3/p-3. The summed E-state index contributed by atoms with van der Waals surface area (Å²) in [6.45, 7) is 0. The van der Waals surface area contributed by atoms with Crippen LogP contribution < -0.4 is 50.9 Å². The summed E-state index contributed by atoms with van der Waals surface area (Å²) >= 11 is 0. The van der Waals surface area contributed by atoms with Gasteiger partial charge in [0.15, 0.2) is 0 Å². The van der Waals surface area contributed by atoms with Crippen LogP contribution in [0.1, 0.15) is 0 Å². The molecule has 0 nitrogen and oxygen atoms in total. The van der Waals surface area contributed by atoms with Gasteiger partial charge in [-0.25, -0.2) is 0 Å². The first-order valence-electron chi connectivity index (χ1n) is 0. The zero-order valence-corrected chi connectivity index (χ0v) is 11.7. The smallest absolute Gasteiger partial charge is 1.00 e. The third-order valence-electron chi connectivity index (χ3n) is 0. The summed E-state index contributed by atoms with van der Waals surface area (Å²) in [7, 11) is 0. The summed E-state index contributed by atoms with van der Waals surface area (Å²) in [6, 6.07) is 0. The summed E-state index contributed by atoms with van der Waals surface area (Å²) in [5.74, 6) is 0. The van der Waals surface area contributed by atoms with Crippen LogP contribution in [-0.2, 0) is 0 Å². The van der Waals surface area contributed by atoms with Gasteiger partial charge in [-0.1, -0.05) is 0 Å². The van der Waals surface area contributed by atoms with Crippen LogP contribution in [0.15, 0.2) is 0 Å². The van der Waals surface area contributed by atoms with E-state index in [1.165, 1.54) is 0 Å². The predicted molar refractivity (Wildman–Crippen MR) is 10.3 cm³/mol. The van der Waals surface area contributed by atoms with Gasteiger partial charge in [0.1, 0.15) is 0 Å². The van der Waals surface area contributed by atoms with Crippen LogP contribution in [0.5, 0.6) is 0 Å². The molecule has 0 aromatic carbocycles. The van der Waals surface area contributed by atoms with Crippen molar-refractivity contribution < 1.29 is 91.8 Å². The van der Waals surface area contributed by atoms with Crippen LogP contribution in [0.4, 0.5) is 0 Å². The Morgan fingerprint density at radius 1 is 0.600 bits per heavy atom. The van der Waals surface area contributed by atoms with E-state index in [0.717, 1.165) is 0 Å². The minimum Gasteiger partial charge on any atom is -1.00 e. The predicted octanol–water partition coefficient (Wildman–Crippen LogP) is -8.41. The van der Waals surface area contributed by atoms with E-state index in [1.807, 2.05) is 0 Å². The summed E-state index contributed by atoms with van der Waals surface area (Å²) in [6.07, 6.45) is 0. The normalized spacial score (nSPS) is 0. The molecule has 5 heavy (non-hydrogen) atoms. The van der Waals surface area contributed by atoms with Gasteiger partial charge in [0.05, 0.1) is 0 Å².